The Morgan fingerprint density at radius 3 is 2.81 bits per heavy atom. The molecule has 0 saturated heterocycles. The van der Waals surface area contributed by atoms with Crippen LogP contribution in [0, 0.1) is 6.92 Å². The minimum atomic E-state index is -0.470. The van der Waals surface area contributed by atoms with Gasteiger partial charge in [0.25, 0.3) is 0 Å². The standard InChI is InChI=1S/C16H18BrNO3/c1-4-18-15(11-6-5-7-12(17)10(11)2)13-8-9-14(21-13)16(19)20-3/h5-9,15,18H,4H2,1-3H3. The summed E-state index contributed by atoms with van der Waals surface area (Å²) in [5.41, 5.74) is 2.25. The van der Waals surface area contributed by atoms with Crippen molar-refractivity contribution in [2.45, 2.75) is 19.9 Å². The van der Waals surface area contributed by atoms with Gasteiger partial charge in [-0.1, -0.05) is 35.0 Å². The second kappa shape index (κ2) is 6.91. The molecule has 4 nitrogen and oxygen atoms in total. The number of hydrogen-bond donors (Lipinski definition) is 1. The van der Waals surface area contributed by atoms with Crippen molar-refractivity contribution >= 4 is 21.9 Å². The van der Waals surface area contributed by atoms with E-state index in [2.05, 4.69) is 26.0 Å². The Morgan fingerprint density at radius 2 is 2.14 bits per heavy atom. The Balaban J connectivity index is 2.41. The highest BCUT2D eigenvalue weighted by atomic mass is 79.9. The molecule has 0 fully saturated rings. The van der Waals surface area contributed by atoms with Crippen LogP contribution in [0.1, 0.15) is 40.4 Å². The zero-order valence-corrected chi connectivity index (χ0v) is 13.9. The van der Waals surface area contributed by atoms with E-state index in [1.807, 2.05) is 32.0 Å². The monoisotopic (exact) mass is 351 g/mol. The average Bonchev–Trinajstić information content (AvgIpc) is 2.97. The summed E-state index contributed by atoms with van der Waals surface area (Å²) < 4.78 is 11.4. The van der Waals surface area contributed by atoms with Crippen LogP contribution >= 0.6 is 15.9 Å². The predicted octanol–water partition coefficient (Wildman–Crippen LogP) is 3.84. The van der Waals surface area contributed by atoms with Crippen LogP contribution in [0.25, 0.3) is 0 Å². The third-order valence-electron chi connectivity index (χ3n) is 3.33. The number of hydrogen-bond acceptors (Lipinski definition) is 4. The first-order valence-electron chi connectivity index (χ1n) is 6.75. The number of rotatable bonds is 5. The second-order valence-corrected chi connectivity index (χ2v) is 5.49. The van der Waals surface area contributed by atoms with Gasteiger partial charge >= 0.3 is 5.97 Å². The first-order valence-corrected chi connectivity index (χ1v) is 7.54. The van der Waals surface area contributed by atoms with Crippen LogP contribution in [0.2, 0.25) is 0 Å². The lowest BCUT2D eigenvalue weighted by molar-refractivity contribution is 0.0562. The molecule has 5 heteroatoms. The van der Waals surface area contributed by atoms with Crippen LogP contribution < -0.4 is 5.32 Å². The van der Waals surface area contributed by atoms with Crippen molar-refractivity contribution in [1.82, 2.24) is 5.32 Å². The van der Waals surface area contributed by atoms with E-state index in [9.17, 15) is 4.79 Å². The number of halogens is 1. The van der Waals surface area contributed by atoms with E-state index in [-0.39, 0.29) is 11.8 Å². The largest absolute Gasteiger partial charge is 0.463 e. The van der Waals surface area contributed by atoms with Gasteiger partial charge in [-0.25, -0.2) is 4.79 Å². The Morgan fingerprint density at radius 1 is 1.38 bits per heavy atom. The van der Waals surface area contributed by atoms with E-state index in [0.29, 0.717) is 5.76 Å². The van der Waals surface area contributed by atoms with Gasteiger partial charge in [0.15, 0.2) is 0 Å². The zero-order valence-electron chi connectivity index (χ0n) is 12.3. The van der Waals surface area contributed by atoms with Crippen LogP contribution in [0.3, 0.4) is 0 Å². The van der Waals surface area contributed by atoms with Crippen molar-refractivity contribution in [2.24, 2.45) is 0 Å². The van der Waals surface area contributed by atoms with Gasteiger partial charge in [0.05, 0.1) is 13.2 Å². The molecule has 1 aromatic carbocycles. The van der Waals surface area contributed by atoms with Crippen molar-refractivity contribution in [1.29, 1.82) is 0 Å². The molecule has 2 rings (SSSR count). The summed E-state index contributed by atoms with van der Waals surface area (Å²) in [5, 5.41) is 3.39. The SMILES string of the molecule is CCNC(c1ccc(C(=O)OC)o1)c1cccc(Br)c1C. The maximum Gasteiger partial charge on any atom is 0.373 e. The number of nitrogens with one attached hydrogen (secondary N) is 1. The van der Waals surface area contributed by atoms with Gasteiger partial charge in [-0.2, -0.15) is 0 Å². The fourth-order valence-corrected chi connectivity index (χ4v) is 2.60. The third kappa shape index (κ3) is 3.36. The number of benzene rings is 1. The Labute approximate surface area is 132 Å². The molecule has 1 heterocycles. The van der Waals surface area contributed by atoms with Gasteiger partial charge in [-0.05, 0) is 42.8 Å². The van der Waals surface area contributed by atoms with Crippen molar-refractivity contribution in [3.05, 3.63) is 57.5 Å². The third-order valence-corrected chi connectivity index (χ3v) is 4.19. The lowest BCUT2D eigenvalue weighted by atomic mass is 9.99. The lowest BCUT2D eigenvalue weighted by Crippen LogP contribution is -2.22. The molecule has 0 aliphatic rings. The van der Waals surface area contributed by atoms with Crippen molar-refractivity contribution in [2.75, 3.05) is 13.7 Å². The number of carbonyl (C=O) groups excluding carboxylic acids is 1. The molecule has 0 bridgehead atoms. The number of methoxy groups -OCH3 is 1. The topological polar surface area (TPSA) is 51.5 Å². The Hall–Kier alpha value is -1.59. The van der Waals surface area contributed by atoms with Crippen molar-refractivity contribution < 1.29 is 13.9 Å². The van der Waals surface area contributed by atoms with E-state index in [1.54, 1.807) is 12.1 Å². The smallest absolute Gasteiger partial charge is 0.373 e. The number of furan rings is 1. The van der Waals surface area contributed by atoms with E-state index >= 15 is 0 Å². The summed E-state index contributed by atoms with van der Waals surface area (Å²) in [6, 6.07) is 9.38. The van der Waals surface area contributed by atoms with Crippen LogP contribution in [0.5, 0.6) is 0 Å². The maximum atomic E-state index is 11.5. The molecule has 0 spiro atoms. The van der Waals surface area contributed by atoms with E-state index in [1.165, 1.54) is 7.11 Å². The molecule has 1 atom stereocenters. The van der Waals surface area contributed by atoms with Gasteiger partial charge in [0.1, 0.15) is 5.76 Å². The molecule has 1 aromatic heterocycles. The quantitative estimate of drug-likeness (QED) is 0.831. The molecule has 112 valence electrons. The summed E-state index contributed by atoms with van der Waals surface area (Å²) in [4.78, 5) is 11.5. The van der Waals surface area contributed by atoms with Crippen LogP contribution in [0.15, 0.2) is 39.2 Å². The molecule has 1 unspecified atom stereocenters. The highest BCUT2D eigenvalue weighted by Gasteiger charge is 2.21. The normalized spacial score (nSPS) is 12.2. The van der Waals surface area contributed by atoms with E-state index in [0.717, 1.165) is 22.1 Å². The molecule has 0 aliphatic carbocycles. The summed E-state index contributed by atoms with van der Waals surface area (Å²) in [7, 11) is 1.34. The van der Waals surface area contributed by atoms with Gasteiger partial charge < -0.3 is 14.5 Å². The molecule has 0 amide bonds. The van der Waals surface area contributed by atoms with Crippen LogP contribution in [0.4, 0.5) is 0 Å². The molecular formula is C16H18BrNO3. The second-order valence-electron chi connectivity index (χ2n) is 4.64. The number of esters is 1. The minimum Gasteiger partial charge on any atom is -0.463 e. The lowest BCUT2D eigenvalue weighted by Gasteiger charge is -2.19. The number of ether oxygens (including phenoxy) is 1. The maximum absolute atomic E-state index is 11.5. The fourth-order valence-electron chi connectivity index (χ4n) is 2.22. The summed E-state index contributed by atoms with van der Waals surface area (Å²) in [6.45, 7) is 4.86. The highest BCUT2D eigenvalue weighted by molar-refractivity contribution is 9.10. The van der Waals surface area contributed by atoms with Crippen LogP contribution in [-0.4, -0.2) is 19.6 Å². The van der Waals surface area contributed by atoms with Crippen molar-refractivity contribution in [3.8, 4) is 0 Å². The molecule has 0 saturated carbocycles. The summed E-state index contributed by atoms with van der Waals surface area (Å²) in [6.07, 6.45) is 0. The van der Waals surface area contributed by atoms with Gasteiger partial charge in [-0.3, -0.25) is 0 Å². The van der Waals surface area contributed by atoms with Gasteiger partial charge in [0, 0.05) is 4.47 Å². The molecule has 1 N–H and O–H groups in total. The summed E-state index contributed by atoms with van der Waals surface area (Å²) in [5.74, 6) is 0.434. The Kier molecular flexibility index (Phi) is 5.20. The zero-order chi connectivity index (χ0) is 15.4. The first-order chi connectivity index (χ1) is 10.1. The van der Waals surface area contributed by atoms with Gasteiger partial charge in [-0.15, -0.1) is 0 Å². The van der Waals surface area contributed by atoms with Crippen molar-refractivity contribution in [3.63, 3.8) is 0 Å². The van der Waals surface area contributed by atoms with E-state index < -0.39 is 5.97 Å². The van der Waals surface area contributed by atoms with Crippen LogP contribution in [-0.2, 0) is 4.74 Å². The average molecular weight is 352 g/mol. The molecule has 21 heavy (non-hydrogen) atoms. The van der Waals surface area contributed by atoms with E-state index in [4.69, 9.17) is 4.42 Å². The minimum absolute atomic E-state index is 0.106. The highest BCUT2D eigenvalue weighted by Crippen LogP contribution is 2.30. The molecule has 2 aromatic rings. The molecular weight excluding hydrogens is 334 g/mol. The van der Waals surface area contributed by atoms with Gasteiger partial charge in [0.2, 0.25) is 5.76 Å². The predicted molar refractivity (Wildman–Crippen MR) is 84.4 cm³/mol. The molecule has 0 radical (unpaired) electrons. The first kappa shape index (κ1) is 15.8. The number of carbonyl (C=O) groups is 1. The molecule has 0 aliphatic heterocycles. The Bertz CT molecular complexity index is 636. The summed E-state index contributed by atoms with van der Waals surface area (Å²) >= 11 is 3.55. The fraction of sp³-hybridized carbons (Fsp3) is 0.312.